The second kappa shape index (κ2) is 5.66. The average Bonchev–Trinajstić information content (AvgIpc) is 3.02. The number of nitrogens with one attached hydrogen (secondary N) is 2. The fourth-order valence-electron chi connectivity index (χ4n) is 2.03. The normalized spacial score (nSPS) is 12.1. The maximum atomic E-state index is 13.2. The van der Waals surface area contributed by atoms with E-state index in [4.69, 9.17) is 0 Å². The highest BCUT2D eigenvalue weighted by Crippen LogP contribution is 2.23. The first-order chi connectivity index (χ1) is 10.2. The van der Waals surface area contributed by atoms with Crippen LogP contribution in [0.3, 0.4) is 0 Å². The van der Waals surface area contributed by atoms with Gasteiger partial charge in [-0.3, -0.25) is 4.98 Å². The van der Waals surface area contributed by atoms with Gasteiger partial charge in [0.2, 0.25) is 5.82 Å². The largest absolute Gasteiger partial charge is 0.378 e. The molecule has 0 saturated heterocycles. The summed E-state index contributed by atoms with van der Waals surface area (Å²) in [7, 11) is 0. The van der Waals surface area contributed by atoms with Gasteiger partial charge in [-0.25, -0.2) is 4.39 Å². The van der Waals surface area contributed by atoms with Crippen molar-refractivity contribution >= 4 is 5.69 Å². The van der Waals surface area contributed by atoms with Gasteiger partial charge in [0, 0.05) is 17.4 Å². The molecule has 0 aliphatic carbocycles. The summed E-state index contributed by atoms with van der Waals surface area (Å²) in [5, 5.41) is 17.1. The van der Waals surface area contributed by atoms with E-state index in [1.165, 1.54) is 12.3 Å². The molecular formula is C14H13FN6. The van der Waals surface area contributed by atoms with Gasteiger partial charge in [-0.05, 0) is 35.9 Å². The van der Waals surface area contributed by atoms with Crippen LogP contribution in [0.5, 0.6) is 0 Å². The van der Waals surface area contributed by atoms with Crippen LogP contribution in [0, 0.1) is 5.82 Å². The van der Waals surface area contributed by atoms with Gasteiger partial charge in [0.15, 0.2) is 0 Å². The van der Waals surface area contributed by atoms with Gasteiger partial charge < -0.3 is 5.32 Å². The zero-order chi connectivity index (χ0) is 14.7. The van der Waals surface area contributed by atoms with Gasteiger partial charge in [0.1, 0.15) is 5.82 Å². The first-order valence-corrected chi connectivity index (χ1v) is 6.43. The lowest BCUT2D eigenvalue weighted by atomic mass is 10.1. The summed E-state index contributed by atoms with van der Waals surface area (Å²) in [4.78, 5) is 3.86. The molecule has 1 aromatic carbocycles. The van der Waals surface area contributed by atoms with Crippen molar-refractivity contribution in [1.82, 2.24) is 25.6 Å². The number of H-pyrrole nitrogens is 1. The Hall–Kier alpha value is -2.83. The molecule has 0 spiro atoms. The number of benzene rings is 1. The van der Waals surface area contributed by atoms with Gasteiger partial charge in [0.25, 0.3) is 0 Å². The monoisotopic (exact) mass is 284 g/mol. The smallest absolute Gasteiger partial charge is 0.204 e. The third kappa shape index (κ3) is 3.02. The van der Waals surface area contributed by atoms with E-state index in [-0.39, 0.29) is 11.9 Å². The second-order valence-electron chi connectivity index (χ2n) is 4.62. The van der Waals surface area contributed by atoms with Crippen molar-refractivity contribution in [3.8, 4) is 11.4 Å². The maximum Gasteiger partial charge on any atom is 0.204 e. The number of rotatable bonds is 4. The van der Waals surface area contributed by atoms with Crippen molar-refractivity contribution in [1.29, 1.82) is 0 Å². The Balaban J connectivity index is 1.80. The maximum absolute atomic E-state index is 13.2. The van der Waals surface area contributed by atoms with Crippen molar-refractivity contribution < 1.29 is 4.39 Å². The van der Waals surface area contributed by atoms with E-state index < -0.39 is 0 Å². The molecule has 7 heteroatoms. The molecule has 3 aromatic rings. The highest BCUT2D eigenvalue weighted by atomic mass is 19.1. The molecular weight excluding hydrogens is 271 g/mol. The zero-order valence-corrected chi connectivity index (χ0v) is 11.3. The third-order valence-electron chi connectivity index (χ3n) is 3.08. The summed E-state index contributed by atoms with van der Waals surface area (Å²) in [5.41, 5.74) is 2.51. The summed E-state index contributed by atoms with van der Waals surface area (Å²) in [6.07, 6.45) is 2.83. The molecule has 2 N–H and O–H groups in total. The fourth-order valence-corrected chi connectivity index (χ4v) is 2.03. The highest BCUT2D eigenvalue weighted by Gasteiger charge is 2.08. The lowest BCUT2D eigenvalue weighted by Crippen LogP contribution is -2.07. The Morgan fingerprint density at radius 3 is 2.90 bits per heavy atom. The third-order valence-corrected chi connectivity index (χ3v) is 3.08. The van der Waals surface area contributed by atoms with Crippen molar-refractivity contribution in [2.45, 2.75) is 13.0 Å². The van der Waals surface area contributed by atoms with Crippen molar-refractivity contribution in [2.75, 3.05) is 5.32 Å². The van der Waals surface area contributed by atoms with E-state index in [0.29, 0.717) is 5.82 Å². The number of nitrogens with zero attached hydrogens (tertiary/aromatic N) is 4. The van der Waals surface area contributed by atoms with Gasteiger partial charge in [-0.15, -0.1) is 10.2 Å². The fraction of sp³-hybridized carbons (Fsp3) is 0.143. The standard InChI is InChI=1S/C14H13FN6/c1-9(11-5-12(15)8-16-7-11)17-13-4-2-3-10(6-13)14-18-20-21-19-14/h2-9,17H,1H3,(H,18,19,20,21). The van der Waals surface area contributed by atoms with Crippen LogP contribution in [0.15, 0.2) is 42.7 Å². The predicted octanol–water partition coefficient (Wildman–Crippen LogP) is 2.57. The first kappa shape index (κ1) is 13.2. The van der Waals surface area contributed by atoms with E-state index in [1.54, 1.807) is 6.20 Å². The Bertz CT molecular complexity index is 728. The minimum Gasteiger partial charge on any atom is -0.378 e. The summed E-state index contributed by atoms with van der Waals surface area (Å²) in [6, 6.07) is 9.01. The van der Waals surface area contributed by atoms with Crippen LogP contribution in [0.4, 0.5) is 10.1 Å². The lowest BCUT2D eigenvalue weighted by molar-refractivity contribution is 0.616. The summed E-state index contributed by atoms with van der Waals surface area (Å²) >= 11 is 0. The molecule has 0 aliphatic rings. The zero-order valence-electron chi connectivity index (χ0n) is 11.3. The topological polar surface area (TPSA) is 79.4 Å². The van der Waals surface area contributed by atoms with E-state index in [9.17, 15) is 4.39 Å². The molecule has 0 saturated carbocycles. The van der Waals surface area contributed by atoms with E-state index in [2.05, 4.69) is 30.9 Å². The number of halogens is 1. The molecule has 0 fully saturated rings. The molecule has 2 heterocycles. The summed E-state index contributed by atoms with van der Waals surface area (Å²) in [6.45, 7) is 1.94. The summed E-state index contributed by atoms with van der Waals surface area (Å²) in [5.74, 6) is 0.181. The van der Waals surface area contributed by atoms with E-state index >= 15 is 0 Å². The molecule has 1 unspecified atom stereocenters. The molecule has 2 aromatic heterocycles. The Labute approximate surface area is 120 Å². The van der Waals surface area contributed by atoms with Crippen molar-refractivity contribution in [3.63, 3.8) is 0 Å². The van der Waals surface area contributed by atoms with Gasteiger partial charge in [-0.1, -0.05) is 12.1 Å². The van der Waals surface area contributed by atoms with Crippen LogP contribution in [0.25, 0.3) is 11.4 Å². The van der Waals surface area contributed by atoms with Crippen LogP contribution in [0.2, 0.25) is 0 Å². The Morgan fingerprint density at radius 1 is 1.24 bits per heavy atom. The molecule has 21 heavy (non-hydrogen) atoms. The number of pyridine rings is 1. The number of aromatic amines is 1. The molecule has 0 amide bonds. The van der Waals surface area contributed by atoms with Crippen molar-refractivity contribution in [2.24, 2.45) is 0 Å². The number of hydrogen-bond donors (Lipinski definition) is 2. The number of tetrazole rings is 1. The lowest BCUT2D eigenvalue weighted by Gasteiger charge is -2.15. The van der Waals surface area contributed by atoms with E-state index in [1.807, 2.05) is 31.2 Å². The molecule has 6 nitrogen and oxygen atoms in total. The van der Waals surface area contributed by atoms with Crippen LogP contribution >= 0.6 is 0 Å². The molecule has 0 radical (unpaired) electrons. The highest BCUT2D eigenvalue weighted by molar-refractivity contribution is 5.62. The Morgan fingerprint density at radius 2 is 2.14 bits per heavy atom. The SMILES string of the molecule is CC(Nc1cccc(-c2nn[nH]n2)c1)c1cncc(F)c1. The minimum absolute atomic E-state index is 0.0753. The molecule has 1 atom stereocenters. The van der Waals surface area contributed by atoms with Gasteiger partial charge in [0.05, 0.1) is 12.2 Å². The number of aromatic nitrogens is 5. The average molecular weight is 284 g/mol. The molecule has 0 bridgehead atoms. The number of hydrogen-bond acceptors (Lipinski definition) is 5. The van der Waals surface area contributed by atoms with Crippen LogP contribution < -0.4 is 5.32 Å². The van der Waals surface area contributed by atoms with Crippen molar-refractivity contribution in [3.05, 3.63) is 54.1 Å². The van der Waals surface area contributed by atoms with E-state index in [0.717, 1.165) is 16.8 Å². The minimum atomic E-state index is -0.346. The molecule has 3 rings (SSSR count). The quantitative estimate of drug-likeness (QED) is 0.769. The first-order valence-electron chi connectivity index (χ1n) is 6.43. The summed E-state index contributed by atoms with van der Waals surface area (Å²) < 4.78 is 13.2. The second-order valence-corrected chi connectivity index (χ2v) is 4.62. The molecule has 106 valence electrons. The van der Waals surface area contributed by atoms with Gasteiger partial charge >= 0.3 is 0 Å². The Kier molecular flexibility index (Phi) is 3.55. The predicted molar refractivity (Wildman–Crippen MR) is 75.8 cm³/mol. The van der Waals surface area contributed by atoms with Crippen LogP contribution in [-0.2, 0) is 0 Å². The van der Waals surface area contributed by atoms with Gasteiger partial charge in [-0.2, -0.15) is 5.21 Å². The number of anilines is 1. The van der Waals surface area contributed by atoms with Crippen LogP contribution in [-0.4, -0.2) is 25.6 Å². The van der Waals surface area contributed by atoms with Crippen LogP contribution in [0.1, 0.15) is 18.5 Å². The molecule has 0 aliphatic heterocycles.